The van der Waals surface area contributed by atoms with Crippen LogP contribution in [0, 0.1) is 0 Å². The third-order valence-electron chi connectivity index (χ3n) is 2.84. The molecule has 1 aliphatic rings. The van der Waals surface area contributed by atoms with Crippen molar-refractivity contribution >= 4 is 23.2 Å². The summed E-state index contributed by atoms with van der Waals surface area (Å²) in [6.07, 6.45) is 1.33. The van der Waals surface area contributed by atoms with Gasteiger partial charge in [0, 0.05) is 18.0 Å². The Kier molecular flexibility index (Phi) is 4.48. The van der Waals surface area contributed by atoms with Gasteiger partial charge in [-0.3, -0.25) is 9.59 Å². The van der Waals surface area contributed by atoms with Gasteiger partial charge in [0.1, 0.15) is 6.10 Å². The first-order valence-electron chi connectivity index (χ1n) is 6.21. The molecule has 1 unspecified atom stereocenters. The Balaban J connectivity index is 1.91. The second-order valence-electron chi connectivity index (χ2n) is 4.32. The van der Waals surface area contributed by atoms with Crippen LogP contribution in [0.4, 0.5) is 11.4 Å². The Morgan fingerprint density at radius 2 is 1.84 bits per heavy atom. The van der Waals surface area contributed by atoms with Crippen molar-refractivity contribution in [3.05, 3.63) is 24.3 Å². The summed E-state index contributed by atoms with van der Waals surface area (Å²) < 4.78 is 5.29. The number of carbonyl (C=O) groups is 2. The molecule has 6 nitrogen and oxygen atoms in total. The molecule has 1 heterocycles. The van der Waals surface area contributed by atoms with Crippen LogP contribution < -0.4 is 16.4 Å². The number of nitrogens with one attached hydrogen (secondary N) is 2. The fourth-order valence-electron chi connectivity index (χ4n) is 1.86. The smallest absolute Gasteiger partial charge is 0.253 e. The van der Waals surface area contributed by atoms with Crippen molar-refractivity contribution in [2.45, 2.75) is 18.9 Å². The highest BCUT2D eigenvalue weighted by atomic mass is 16.5. The lowest BCUT2D eigenvalue weighted by Crippen LogP contribution is -2.26. The van der Waals surface area contributed by atoms with Gasteiger partial charge in [0.15, 0.2) is 0 Å². The molecule has 2 rings (SSSR count). The van der Waals surface area contributed by atoms with Crippen molar-refractivity contribution in [2.24, 2.45) is 5.73 Å². The molecule has 1 aromatic carbocycles. The minimum Gasteiger partial charge on any atom is -0.368 e. The summed E-state index contributed by atoms with van der Waals surface area (Å²) in [7, 11) is 0. The number of benzene rings is 1. The van der Waals surface area contributed by atoms with Crippen LogP contribution in [0.25, 0.3) is 0 Å². The molecular weight excluding hydrogens is 246 g/mol. The van der Waals surface area contributed by atoms with Crippen molar-refractivity contribution in [3.8, 4) is 0 Å². The summed E-state index contributed by atoms with van der Waals surface area (Å²) in [5.74, 6) is -0.382. The first kappa shape index (κ1) is 13.5. The Morgan fingerprint density at radius 3 is 2.37 bits per heavy atom. The molecule has 2 amide bonds. The molecule has 6 heteroatoms. The van der Waals surface area contributed by atoms with Crippen LogP contribution in [-0.2, 0) is 14.3 Å². The average Bonchev–Trinajstić information content (AvgIpc) is 2.95. The second-order valence-corrected chi connectivity index (χ2v) is 4.32. The number of anilines is 2. The summed E-state index contributed by atoms with van der Waals surface area (Å²) >= 11 is 0. The highest BCUT2D eigenvalue weighted by Crippen LogP contribution is 2.17. The van der Waals surface area contributed by atoms with Crippen molar-refractivity contribution in [1.82, 2.24) is 0 Å². The van der Waals surface area contributed by atoms with E-state index >= 15 is 0 Å². The van der Waals surface area contributed by atoms with Gasteiger partial charge in [0.25, 0.3) is 5.91 Å². The van der Waals surface area contributed by atoms with Crippen LogP contribution in [0.15, 0.2) is 24.3 Å². The molecule has 1 atom stereocenters. The summed E-state index contributed by atoms with van der Waals surface area (Å²) in [5, 5.41) is 5.40. The number of ether oxygens (including phenoxy) is 1. The van der Waals surface area contributed by atoms with Crippen LogP contribution in [0.2, 0.25) is 0 Å². The predicted octanol–water partition coefficient (Wildman–Crippen LogP) is 0.701. The third-order valence-corrected chi connectivity index (χ3v) is 2.84. The zero-order valence-corrected chi connectivity index (χ0v) is 10.5. The maximum atomic E-state index is 11.8. The van der Waals surface area contributed by atoms with Gasteiger partial charge in [0.05, 0.1) is 6.54 Å². The maximum Gasteiger partial charge on any atom is 0.253 e. The van der Waals surface area contributed by atoms with E-state index in [2.05, 4.69) is 10.6 Å². The quantitative estimate of drug-likeness (QED) is 0.745. The van der Waals surface area contributed by atoms with E-state index in [1.165, 1.54) is 0 Å². The van der Waals surface area contributed by atoms with Crippen LogP contribution >= 0.6 is 0 Å². The fraction of sp³-hybridized carbons (Fsp3) is 0.385. The van der Waals surface area contributed by atoms with E-state index in [1.54, 1.807) is 24.3 Å². The molecule has 102 valence electrons. The van der Waals surface area contributed by atoms with Gasteiger partial charge in [-0.15, -0.1) is 0 Å². The standard InChI is InChI=1S/C13H17N3O3/c14-8-12(17)15-9-3-5-10(6-4-9)16-13(18)11-2-1-7-19-11/h3-6,11H,1-2,7-8,14H2,(H,15,17)(H,16,18). The molecule has 1 aromatic rings. The zero-order chi connectivity index (χ0) is 13.7. The monoisotopic (exact) mass is 263 g/mol. The van der Waals surface area contributed by atoms with Crippen molar-refractivity contribution < 1.29 is 14.3 Å². The molecule has 1 aliphatic heterocycles. The average molecular weight is 263 g/mol. The molecular formula is C13H17N3O3. The molecule has 19 heavy (non-hydrogen) atoms. The molecule has 0 saturated carbocycles. The second kappa shape index (κ2) is 6.31. The number of hydrogen-bond donors (Lipinski definition) is 3. The van der Waals surface area contributed by atoms with E-state index in [9.17, 15) is 9.59 Å². The van der Waals surface area contributed by atoms with Gasteiger partial charge in [-0.2, -0.15) is 0 Å². The Hall–Kier alpha value is -1.92. The Labute approximate surface area is 111 Å². The van der Waals surface area contributed by atoms with E-state index in [0.717, 1.165) is 12.8 Å². The lowest BCUT2D eigenvalue weighted by Gasteiger charge is -2.11. The van der Waals surface area contributed by atoms with Crippen LogP contribution in [-0.4, -0.2) is 31.1 Å². The summed E-state index contributed by atoms with van der Waals surface area (Å²) in [4.78, 5) is 22.9. The molecule has 0 aromatic heterocycles. The van der Waals surface area contributed by atoms with Crippen molar-refractivity contribution in [2.75, 3.05) is 23.8 Å². The molecule has 0 radical (unpaired) electrons. The third kappa shape index (κ3) is 3.77. The van der Waals surface area contributed by atoms with Gasteiger partial charge < -0.3 is 21.1 Å². The normalized spacial score (nSPS) is 18.1. The summed E-state index contributed by atoms with van der Waals surface area (Å²) in [5.41, 5.74) is 6.52. The van der Waals surface area contributed by atoms with Gasteiger partial charge in [-0.1, -0.05) is 0 Å². The minimum absolute atomic E-state index is 0.0580. The van der Waals surface area contributed by atoms with Gasteiger partial charge in [0.2, 0.25) is 5.91 Å². The number of nitrogens with two attached hydrogens (primary N) is 1. The van der Waals surface area contributed by atoms with E-state index in [0.29, 0.717) is 18.0 Å². The van der Waals surface area contributed by atoms with Crippen molar-refractivity contribution in [1.29, 1.82) is 0 Å². The SMILES string of the molecule is NCC(=O)Nc1ccc(NC(=O)C2CCCO2)cc1. The number of rotatable bonds is 4. The molecule has 4 N–H and O–H groups in total. The predicted molar refractivity (Wildman–Crippen MR) is 71.7 cm³/mol. The highest BCUT2D eigenvalue weighted by molar-refractivity contribution is 5.95. The fourth-order valence-corrected chi connectivity index (χ4v) is 1.86. The largest absolute Gasteiger partial charge is 0.368 e. The Morgan fingerprint density at radius 1 is 1.21 bits per heavy atom. The molecule has 0 bridgehead atoms. The molecule has 1 fully saturated rings. The van der Waals surface area contributed by atoms with E-state index in [-0.39, 0.29) is 24.5 Å². The minimum atomic E-state index is -0.350. The number of amides is 2. The van der Waals surface area contributed by atoms with E-state index in [4.69, 9.17) is 10.5 Å². The maximum absolute atomic E-state index is 11.8. The van der Waals surface area contributed by atoms with Crippen molar-refractivity contribution in [3.63, 3.8) is 0 Å². The summed E-state index contributed by atoms with van der Waals surface area (Å²) in [6.45, 7) is 0.583. The number of hydrogen-bond acceptors (Lipinski definition) is 4. The van der Waals surface area contributed by atoms with E-state index < -0.39 is 0 Å². The molecule has 1 saturated heterocycles. The lowest BCUT2D eigenvalue weighted by atomic mass is 10.2. The van der Waals surface area contributed by atoms with Gasteiger partial charge in [-0.05, 0) is 37.1 Å². The first-order valence-corrected chi connectivity index (χ1v) is 6.21. The zero-order valence-electron chi connectivity index (χ0n) is 10.5. The molecule has 0 aliphatic carbocycles. The topological polar surface area (TPSA) is 93.5 Å². The van der Waals surface area contributed by atoms with Crippen LogP contribution in [0.1, 0.15) is 12.8 Å². The van der Waals surface area contributed by atoms with E-state index in [1.807, 2.05) is 0 Å². The summed E-state index contributed by atoms with van der Waals surface area (Å²) in [6, 6.07) is 6.86. The van der Waals surface area contributed by atoms with Crippen LogP contribution in [0.3, 0.4) is 0 Å². The molecule has 0 spiro atoms. The Bertz CT molecular complexity index is 453. The van der Waals surface area contributed by atoms with Gasteiger partial charge in [-0.25, -0.2) is 0 Å². The van der Waals surface area contributed by atoms with Crippen LogP contribution in [0.5, 0.6) is 0 Å². The van der Waals surface area contributed by atoms with Gasteiger partial charge >= 0.3 is 0 Å². The number of carbonyl (C=O) groups excluding carboxylic acids is 2. The highest BCUT2D eigenvalue weighted by Gasteiger charge is 2.23. The first-order chi connectivity index (χ1) is 9.19. The lowest BCUT2D eigenvalue weighted by molar-refractivity contribution is -0.124.